The molecule has 5 N–H and O–H groups in total. The van der Waals surface area contributed by atoms with Gasteiger partial charge in [0.1, 0.15) is 51.8 Å². The first-order valence-electron chi connectivity index (χ1n) is 16.2. The topological polar surface area (TPSA) is 127 Å². The van der Waals surface area contributed by atoms with E-state index in [4.69, 9.17) is 32.1 Å². The number of amidine groups is 1. The van der Waals surface area contributed by atoms with E-state index in [1.807, 2.05) is 11.2 Å². The molecule has 1 fully saturated rings. The molecule has 3 heterocycles. The average Bonchev–Trinajstić information content (AvgIpc) is 3.52. The van der Waals surface area contributed by atoms with Crippen molar-refractivity contribution in [2.24, 2.45) is 15.7 Å². The molecule has 5 unspecified atom stereocenters. The lowest BCUT2D eigenvalue weighted by atomic mass is 10.1. The van der Waals surface area contributed by atoms with Crippen molar-refractivity contribution in [2.75, 3.05) is 6.61 Å². The van der Waals surface area contributed by atoms with Crippen molar-refractivity contribution in [3.8, 4) is 0 Å². The molecule has 0 aromatic heterocycles. The van der Waals surface area contributed by atoms with E-state index in [9.17, 15) is 15.3 Å². The van der Waals surface area contributed by atoms with E-state index in [-0.39, 0.29) is 12.8 Å². The van der Waals surface area contributed by atoms with Gasteiger partial charge in [0.05, 0.1) is 21.0 Å². The van der Waals surface area contributed by atoms with Crippen LogP contribution in [0.5, 0.6) is 0 Å². The van der Waals surface area contributed by atoms with Crippen LogP contribution in [-0.4, -0.2) is 109 Å². The van der Waals surface area contributed by atoms with Crippen LogP contribution in [0.2, 0.25) is 54.4 Å². The van der Waals surface area contributed by atoms with Gasteiger partial charge in [-0.1, -0.05) is 110 Å². The molecule has 3 aliphatic heterocycles. The first-order valence-corrected chi connectivity index (χ1v) is 24.4. The van der Waals surface area contributed by atoms with Crippen molar-refractivity contribution in [1.82, 2.24) is 9.47 Å². The van der Waals surface area contributed by atoms with Gasteiger partial charge in [0, 0.05) is 0 Å². The van der Waals surface area contributed by atoms with Gasteiger partial charge in [-0.25, -0.2) is 4.99 Å². The first kappa shape index (κ1) is 35.2. The van der Waals surface area contributed by atoms with E-state index >= 15 is 0 Å². The third-order valence-corrected chi connectivity index (χ3v) is 31.6. The minimum atomic E-state index is -2.32. The average molecular weight is 649 g/mol. The van der Waals surface area contributed by atoms with Crippen molar-refractivity contribution in [1.29, 1.82) is 0 Å². The third-order valence-electron chi connectivity index (χ3n) is 12.1. The van der Waals surface area contributed by atoms with Gasteiger partial charge < -0.3 is 30.7 Å². The number of nitrogens with zero attached hydrogens (tertiary/aromatic N) is 4. The Labute approximate surface area is 256 Å². The van der Waals surface area contributed by atoms with E-state index in [2.05, 4.69) is 66.9 Å². The van der Waals surface area contributed by atoms with E-state index < -0.39 is 58.8 Å². The van der Waals surface area contributed by atoms with Crippen LogP contribution in [-0.2, 0) is 4.74 Å². The number of ether oxygens (including phenoxy) is 1. The zero-order chi connectivity index (χ0) is 31.0. The van der Waals surface area contributed by atoms with E-state index in [1.165, 1.54) is 0 Å². The molecule has 3 rings (SSSR count). The highest BCUT2D eigenvalue weighted by atomic mass is 35.5. The van der Waals surface area contributed by atoms with Gasteiger partial charge in [0.2, 0.25) is 0 Å². The van der Waals surface area contributed by atoms with Gasteiger partial charge in [-0.05, 0) is 18.1 Å². The predicted octanol–water partition coefficient (Wildman–Crippen LogP) is 4.50. The maximum absolute atomic E-state index is 11.4. The number of nitrogens with two attached hydrogens (primary N) is 1. The molecule has 0 radical (unpaired) electrons. The summed E-state index contributed by atoms with van der Waals surface area (Å²) in [6.45, 7) is 20.1. The summed E-state index contributed by atoms with van der Waals surface area (Å²) in [6.07, 6.45) is -2.75. The lowest BCUT2D eigenvalue weighted by molar-refractivity contribution is -0.0982. The summed E-state index contributed by atoms with van der Waals surface area (Å²) >= 11 is 8.18. The molecule has 0 amide bonds. The molecule has 0 saturated carbocycles. The molecular weight excluding hydrogens is 590 g/mol. The van der Waals surface area contributed by atoms with Crippen molar-refractivity contribution in [2.45, 2.75) is 157 Å². The number of hydrogen-bond acceptors (Lipinski definition) is 9. The molecule has 0 spiro atoms. The smallest absolute Gasteiger partial charge is 0.170 e. The zero-order valence-electron chi connectivity index (χ0n) is 27.0. The van der Waals surface area contributed by atoms with Gasteiger partial charge >= 0.3 is 0 Å². The summed E-state index contributed by atoms with van der Waals surface area (Å²) in [4.78, 5) is 13.0. The lowest BCUT2D eigenvalue weighted by Gasteiger charge is -2.65. The van der Waals surface area contributed by atoms with Crippen LogP contribution in [0.4, 0.5) is 0 Å². The molecule has 1 saturated heterocycles. The standard InChI is InChI=1S/C28H58ClN5O4Si3/c1-10-39(11-2,12-3)27-25(30)32-28(29,40(13-4,14-5)15-6)34(41(16-7,17-8)18-9)26(27)33(20-31-27)24-23(37)22(36)21(19-35)38-24/h20-24,26,35-37H,10-19H2,1-9H3,(H2,30,32)/t21-,22?,23?,24-,26?,27?,28?/m1/s1. The Kier molecular flexibility index (Phi) is 11.1. The van der Waals surface area contributed by atoms with Gasteiger partial charge in [0.15, 0.2) is 11.0 Å². The number of aliphatic imine (C=N–C) groups is 2. The quantitative estimate of drug-likeness (QED) is 0.124. The Morgan fingerprint density at radius 2 is 1.34 bits per heavy atom. The molecule has 0 aliphatic carbocycles. The van der Waals surface area contributed by atoms with Crippen molar-refractivity contribution in [3.63, 3.8) is 0 Å². The number of aliphatic hydroxyl groups is 3. The zero-order valence-corrected chi connectivity index (χ0v) is 30.8. The Morgan fingerprint density at radius 1 is 0.854 bits per heavy atom. The molecule has 0 aromatic rings. The highest BCUT2D eigenvalue weighted by Crippen LogP contribution is 2.56. The summed E-state index contributed by atoms with van der Waals surface area (Å²) in [6, 6.07) is 8.87. The summed E-state index contributed by atoms with van der Waals surface area (Å²) in [7, 11) is -6.94. The van der Waals surface area contributed by atoms with Crippen LogP contribution >= 0.6 is 11.6 Å². The van der Waals surface area contributed by atoms with Crippen LogP contribution in [0.15, 0.2) is 9.98 Å². The normalized spacial score (nSPS) is 34.8. The Hall–Kier alpha value is -0.319. The molecule has 7 atom stereocenters. The number of fused-ring (bicyclic) bond motifs is 1. The molecule has 9 nitrogen and oxygen atoms in total. The highest BCUT2D eigenvalue weighted by Gasteiger charge is 2.73. The summed E-state index contributed by atoms with van der Waals surface area (Å²) < 4.78 is 7.90. The highest BCUT2D eigenvalue weighted by molar-refractivity contribution is 6.92. The van der Waals surface area contributed by atoms with E-state index in [0.29, 0.717) is 5.84 Å². The Balaban J connectivity index is 2.51. The molecule has 0 bridgehead atoms. The fraction of sp³-hybridized carbons (Fsp3) is 0.929. The first-order chi connectivity index (χ1) is 19.4. The number of rotatable bonds is 14. The maximum atomic E-state index is 11.4. The summed E-state index contributed by atoms with van der Waals surface area (Å²) in [5, 5.41) is 31.4. The Morgan fingerprint density at radius 3 is 1.73 bits per heavy atom. The maximum Gasteiger partial charge on any atom is 0.170 e. The van der Waals surface area contributed by atoms with Crippen molar-refractivity contribution in [3.05, 3.63) is 0 Å². The van der Waals surface area contributed by atoms with Crippen LogP contribution in [0.25, 0.3) is 0 Å². The summed E-state index contributed by atoms with van der Waals surface area (Å²) in [5.41, 5.74) is 7.29. The molecule has 3 aliphatic rings. The van der Waals surface area contributed by atoms with Gasteiger partial charge in [-0.3, -0.25) is 9.56 Å². The second-order valence-electron chi connectivity index (χ2n) is 12.5. The number of aliphatic hydroxyl groups excluding tert-OH is 3. The molecule has 41 heavy (non-hydrogen) atoms. The molecule has 0 aromatic carbocycles. The molecule has 13 heteroatoms. The fourth-order valence-electron chi connectivity index (χ4n) is 8.69. The van der Waals surface area contributed by atoms with Gasteiger partial charge in [-0.2, -0.15) is 0 Å². The van der Waals surface area contributed by atoms with Crippen LogP contribution in [0.3, 0.4) is 0 Å². The minimum absolute atomic E-state index is 0.378. The van der Waals surface area contributed by atoms with Crippen molar-refractivity contribution >= 4 is 48.2 Å². The number of alkyl halides is 1. The fourth-order valence-corrected chi connectivity index (χ4v) is 24.9. The second-order valence-corrected chi connectivity index (χ2v) is 29.2. The van der Waals surface area contributed by atoms with Crippen LogP contribution in [0, 0.1) is 0 Å². The van der Waals surface area contributed by atoms with Crippen molar-refractivity contribution < 1.29 is 20.1 Å². The Bertz CT molecular complexity index is 942. The van der Waals surface area contributed by atoms with E-state index in [0.717, 1.165) is 54.4 Å². The van der Waals surface area contributed by atoms with E-state index in [1.54, 1.807) is 0 Å². The van der Waals surface area contributed by atoms with Crippen LogP contribution in [0.1, 0.15) is 62.3 Å². The SMILES string of the molecule is CC[Si](CC)(CC)N1C2N([C@@H]3O[C@H](CO)C(O)C3O)C=NC2([Si](CC)(CC)CC)C(N)=NC1(Cl)[Si](CC)(CC)CC. The summed E-state index contributed by atoms with van der Waals surface area (Å²) in [5.74, 6) is 0.537. The number of hydrogen-bond donors (Lipinski definition) is 4. The van der Waals surface area contributed by atoms with Gasteiger partial charge in [-0.15, -0.1) is 0 Å². The predicted molar refractivity (Wildman–Crippen MR) is 178 cm³/mol. The third kappa shape index (κ3) is 4.68. The minimum Gasteiger partial charge on any atom is -0.394 e. The van der Waals surface area contributed by atoms with Gasteiger partial charge in [0.25, 0.3) is 0 Å². The monoisotopic (exact) mass is 647 g/mol. The second kappa shape index (κ2) is 13.0. The molecular formula is C28H58ClN5O4Si3. The lowest BCUT2D eigenvalue weighted by Crippen LogP contribution is -2.86. The number of halogens is 1. The largest absolute Gasteiger partial charge is 0.394 e. The molecule has 238 valence electrons. The van der Waals surface area contributed by atoms with Crippen LogP contribution < -0.4 is 5.73 Å².